The van der Waals surface area contributed by atoms with Crippen molar-refractivity contribution in [3.8, 4) is 5.75 Å². The Morgan fingerprint density at radius 2 is 2.00 bits per heavy atom. The Balaban J connectivity index is 1.86. The number of nitrogens with zero attached hydrogens (tertiary/aromatic N) is 2. The van der Waals surface area contributed by atoms with Crippen molar-refractivity contribution in [3.63, 3.8) is 0 Å². The summed E-state index contributed by atoms with van der Waals surface area (Å²) in [5, 5.41) is 1.24. The number of halogens is 6. The van der Waals surface area contributed by atoms with Crippen LogP contribution in [0.25, 0.3) is 0 Å². The first-order valence-electron chi connectivity index (χ1n) is 9.68. The van der Waals surface area contributed by atoms with Crippen LogP contribution in [0.4, 0.5) is 26.3 Å². The molecule has 0 aromatic carbocycles. The molecule has 0 bridgehead atoms. The molecule has 2 aromatic heterocycles. The van der Waals surface area contributed by atoms with Crippen molar-refractivity contribution in [1.29, 1.82) is 0 Å². The molecule has 3 heterocycles. The van der Waals surface area contributed by atoms with E-state index in [0.29, 0.717) is 37.0 Å². The van der Waals surface area contributed by atoms with E-state index in [9.17, 15) is 31.1 Å². The molecular formula is C20H20F6N2O2S. The van der Waals surface area contributed by atoms with Gasteiger partial charge in [0.05, 0.1) is 11.6 Å². The van der Waals surface area contributed by atoms with E-state index in [0.717, 1.165) is 24.4 Å². The number of pyridine rings is 1. The minimum Gasteiger partial charge on any atom is -0.487 e. The van der Waals surface area contributed by atoms with Gasteiger partial charge in [-0.1, -0.05) is 13.3 Å². The average Bonchev–Trinajstić information content (AvgIpc) is 3.17. The monoisotopic (exact) mass is 466 g/mol. The van der Waals surface area contributed by atoms with Gasteiger partial charge in [0.25, 0.3) is 5.91 Å². The quantitative estimate of drug-likeness (QED) is 0.505. The smallest absolute Gasteiger partial charge is 0.425 e. The number of hydrogen-bond donors (Lipinski definition) is 0. The second kappa shape index (κ2) is 9.05. The summed E-state index contributed by atoms with van der Waals surface area (Å²) in [5.74, 6) is -0.826. The summed E-state index contributed by atoms with van der Waals surface area (Å²) in [4.78, 5) is 17.2. The van der Waals surface area contributed by atoms with Gasteiger partial charge < -0.3 is 9.64 Å². The number of aromatic nitrogens is 1. The van der Waals surface area contributed by atoms with Gasteiger partial charge in [0.15, 0.2) is 0 Å². The lowest BCUT2D eigenvalue weighted by Gasteiger charge is -2.41. The summed E-state index contributed by atoms with van der Waals surface area (Å²) in [6.07, 6.45) is -6.78. The maximum Gasteiger partial charge on any atom is 0.425 e. The zero-order chi connectivity index (χ0) is 22.8. The number of carbonyl (C=O) groups is 1. The molecule has 1 fully saturated rings. The van der Waals surface area contributed by atoms with E-state index >= 15 is 0 Å². The van der Waals surface area contributed by atoms with Crippen LogP contribution in [-0.4, -0.2) is 34.5 Å². The Morgan fingerprint density at radius 3 is 2.61 bits per heavy atom. The summed E-state index contributed by atoms with van der Waals surface area (Å²) < 4.78 is 84.5. The highest BCUT2D eigenvalue weighted by Crippen LogP contribution is 2.38. The van der Waals surface area contributed by atoms with Crippen LogP contribution in [0, 0.1) is 0 Å². The summed E-state index contributed by atoms with van der Waals surface area (Å²) >= 11 is 0.503. The van der Waals surface area contributed by atoms with E-state index in [1.54, 1.807) is 0 Å². The first-order valence-corrected chi connectivity index (χ1v) is 10.6. The fourth-order valence-electron chi connectivity index (χ4n) is 3.69. The second-order valence-electron chi connectivity index (χ2n) is 7.19. The Bertz CT molecular complexity index is 912. The van der Waals surface area contributed by atoms with Crippen molar-refractivity contribution < 1.29 is 35.9 Å². The Labute approximate surface area is 178 Å². The van der Waals surface area contributed by atoms with Crippen molar-refractivity contribution >= 4 is 17.2 Å². The van der Waals surface area contributed by atoms with Gasteiger partial charge in [0, 0.05) is 24.2 Å². The van der Waals surface area contributed by atoms with E-state index in [1.807, 2.05) is 6.92 Å². The van der Waals surface area contributed by atoms with E-state index in [4.69, 9.17) is 4.74 Å². The molecule has 1 saturated heterocycles. The zero-order valence-electron chi connectivity index (χ0n) is 16.5. The lowest BCUT2D eigenvalue weighted by atomic mass is 9.94. The molecule has 2 aromatic rings. The van der Waals surface area contributed by atoms with E-state index < -0.39 is 46.5 Å². The molecule has 4 nitrogen and oxygen atoms in total. The molecule has 2 atom stereocenters. The van der Waals surface area contributed by atoms with Gasteiger partial charge in [-0.05, 0) is 31.4 Å². The average molecular weight is 466 g/mol. The minimum absolute atomic E-state index is 0.0338. The SMILES string of the molecule is CCCC1C(Oc2csc(C(F)(F)F)c2)CCCN1C(=O)c1ncccc1C(F)(F)F. The minimum atomic E-state index is -4.74. The Kier molecular flexibility index (Phi) is 6.82. The summed E-state index contributed by atoms with van der Waals surface area (Å²) in [6, 6.07) is 2.23. The predicted molar refractivity (Wildman–Crippen MR) is 102 cm³/mol. The molecule has 2 unspecified atom stereocenters. The Hall–Kier alpha value is -2.30. The lowest BCUT2D eigenvalue weighted by Crippen LogP contribution is -2.53. The molecule has 0 radical (unpaired) electrons. The number of ether oxygens (including phenoxy) is 1. The van der Waals surface area contributed by atoms with Crippen molar-refractivity contribution in [2.45, 2.75) is 57.1 Å². The number of carbonyl (C=O) groups excluding carboxylic acids is 1. The van der Waals surface area contributed by atoms with Gasteiger partial charge in [-0.15, -0.1) is 11.3 Å². The van der Waals surface area contributed by atoms with Crippen LogP contribution < -0.4 is 4.74 Å². The molecule has 31 heavy (non-hydrogen) atoms. The number of thiophene rings is 1. The largest absolute Gasteiger partial charge is 0.487 e. The maximum absolute atomic E-state index is 13.4. The van der Waals surface area contributed by atoms with Gasteiger partial charge in [0.2, 0.25) is 0 Å². The molecule has 0 N–H and O–H groups in total. The van der Waals surface area contributed by atoms with Crippen molar-refractivity contribution in [2.75, 3.05) is 6.54 Å². The summed E-state index contributed by atoms with van der Waals surface area (Å²) in [5.41, 5.74) is -1.81. The van der Waals surface area contributed by atoms with Crippen LogP contribution in [0.5, 0.6) is 5.75 Å². The van der Waals surface area contributed by atoms with E-state index in [2.05, 4.69) is 4.98 Å². The normalized spacial score (nSPS) is 20.0. The van der Waals surface area contributed by atoms with Gasteiger partial charge in [-0.2, -0.15) is 26.3 Å². The number of amides is 1. The first kappa shape index (κ1) is 23.4. The van der Waals surface area contributed by atoms with Crippen molar-refractivity contribution in [3.05, 3.63) is 45.9 Å². The van der Waals surface area contributed by atoms with Crippen LogP contribution in [-0.2, 0) is 12.4 Å². The zero-order valence-corrected chi connectivity index (χ0v) is 17.3. The van der Waals surface area contributed by atoms with Gasteiger partial charge >= 0.3 is 12.4 Å². The maximum atomic E-state index is 13.4. The third kappa shape index (κ3) is 5.31. The van der Waals surface area contributed by atoms with Crippen molar-refractivity contribution in [1.82, 2.24) is 9.88 Å². The molecule has 11 heteroatoms. The van der Waals surface area contributed by atoms with Crippen LogP contribution in [0.15, 0.2) is 29.8 Å². The highest BCUT2D eigenvalue weighted by atomic mass is 32.1. The molecule has 170 valence electrons. The standard InChI is InChI=1S/C20H20F6N2O2S/c1-2-5-14-15(30-12-10-16(31-11-12)20(24,25)26)7-4-9-28(14)18(29)17-13(19(21,22)23)6-3-8-27-17/h3,6,8,10-11,14-15H,2,4-5,7,9H2,1H3. The second-order valence-corrected chi connectivity index (χ2v) is 8.11. The molecule has 0 spiro atoms. The predicted octanol–water partition coefficient (Wildman–Crippen LogP) is 6.03. The molecule has 0 saturated carbocycles. The van der Waals surface area contributed by atoms with Crippen LogP contribution in [0.2, 0.25) is 0 Å². The van der Waals surface area contributed by atoms with Gasteiger partial charge in [-0.3, -0.25) is 9.78 Å². The van der Waals surface area contributed by atoms with Crippen LogP contribution in [0.3, 0.4) is 0 Å². The highest BCUT2D eigenvalue weighted by molar-refractivity contribution is 7.10. The topological polar surface area (TPSA) is 42.4 Å². The molecule has 3 rings (SSSR count). The van der Waals surface area contributed by atoms with E-state index in [-0.39, 0.29) is 12.3 Å². The number of rotatable bonds is 5. The molecule has 0 aliphatic carbocycles. The van der Waals surface area contributed by atoms with Gasteiger partial charge in [-0.25, -0.2) is 0 Å². The van der Waals surface area contributed by atoms with E-state index in [1.165, 1.54) is 10.3 Å². The third-order valence-corrected chi connectivity index (χ3v) is 5.97. The number of piperidine rings is 1. The van der Waals surface area contributed by atoms with Crippen LogP contribution in [0.1, 0.15) is 53.5 Å². The summed E-state index contributed by atoms with van der Waals surface area (Å²) in [7, 11) is 0. The van der Waals surface area contributed by atoms with Gasteiger partial charge in [0.1, 0.15) is 22.4 Å². The summed E-state index contributed by atoms with van der Waals surface area (Å²) in [6.45, 7) is 2.07. The number of likely N-dealkylation sites (tertiary alicyclic amines) is 1. The fourth-order valence-corrected chi connectivity index (χ4v) is 4.38. The molecule has 1 amide bonds. The lowest BCUT2D eigenvalue weighted by molar-refractivity contribution is -0.138. The molecule has 1 aliphatic heterocycles. The van der Waals surface area contributed by atoms with Crippen molar-refractivity contribution in [2.24, 2.45) is 0 Å². The highest BCUT2D eigenvalue weighted by Gasteiger charge is 2.41. The Morgan fingerprint density at radius 1 is 1.26 bits per heavy atom. The number of alkyl halides is 6. The molecular weight excluding hydrogens is 446 g/mol. The molecule has 1 aliphatic rings. The van der Waals surface area contributed by atoms with Crippen LogP contribution >= 0.6 is 11.3 Å². The first-order chi connectivity index (χ1) is 14.5. The fraction of sp³-hybridized carbons (Fsp3) is 0.500. The number of hydrogen-bond acceptors (Lipinski definition) is 4. The third-order valence-electron chi connectivity index (χ3n) is 5.02.